The highest BCUT2D eigenvalue weighted by Crippen LogP contribution is 2.16. The fourth-order valence-corrected chi connectivity index (χ4v) is 1.85. The highest BCUT2D eigenvalue weighted by molar-refractivity contribution is 9.10. The molecule has 0 atom stereocenters. The van der Waals surface area contributed by atoms with Gasteiger partial charge in [0.1, 0.15) is 11.6 Å². The van der Waals surface area contributed by atoms with E-state index in [9.17, 15) is 9.18 Å². The fraction of sp³-hybridized carbons (Fsp3) is 0.300. The number of hydrogen-bond acceptors (Lipinski definition) is 2. The lowest BCUT2D eigenvalue weighted by Gasteiger charge is -2.02. The smallest absolute Gasteiger partial charge is 0.147 e. The Hall–Kier alpha value is -0.350. The maximum Gasteiger partial charge on any atom is 0.147 e. The number of carbonyl (C=O) groups excluding carboxylic acids is 1. The molecule has 0 amide bonds. The first-order chi connectivity index (χ1) is 6.63. The van der Waals surface area contributed by atoms with Crippen molar-refractivity contribution in [1.29, 1.82) is 0 Å². The topological polar surface area (TPSA) is 17.1 Å². The average molecular weight is 277 g/mol. The van der Waals surface area contributed by atoms with Gasteiger partial charge in [-0.2, -0.15) is 11.8 Å². The fourth-order valence-electron chi connectivity index (χ4n) is 1.09. The lowest BCUT2D eigenvalue weighted by atomic mass is 10.1. The second-order valence-electron chi connectivity index (χ2n) is 2.88. The summed E-state index contributed by atoms with van der Waals surface area (Å²) < 4.78 is 14.0. The number of thioether (sulfide) groups is 1. The number of rotatable bonds is 4. The third kappa shape index (κ3) is 3.42. The van der Waals surface area contributed by atoms with Gasteiger partial charge in [-0.1, -0.05) is 22.0 Å². The van der Waals surface area contributed by atoms with E-state index in [0.717, 1.165) is 0 Å². The summed E-state index contributed by atoms with van der Waals surface area (Å²) in [5.41, 5.74) is 0.465. The zero-order valence-electron chi connectivity index (χ0n) is 7.72. The number of halogens is 2. The Morgan fingerprint density at radius 2 is 2.29 bits per heavy atom. The molecule has 14 heavy (non-hydrogen) atoms. The van der Waals surface area contributed by atoms with Crippen LogP contribution in [0.5, 0.6) is 0 Å². The first-order valence-electron chi connectivity index (χ1n) is 4.08. The van der Waals surface area contributed by atoms with Crippen LogP contribution in [0.3, 0.4) is 0 Å². The zero-order valence-corrected chi connectivity index (χ0v) is 10.1. The highest BCUT2D eigenvalue weighted by atomic mass is 79.9. The van der Waals surface area contributed by atoms with Crippen LogP contribution in [-0.2, 0) is 11.2 Å². The molecule has 4 heteroatoms. The number of hydrogen-bond donors (Lipinski definition) is 0. The van der Waals surface area contributed by atoms with Crippen molar-refractivity contribution in [3.05, 3.63) is 34.1 Å². The number of ketones is 1. The van der Waals surface area contributed by atoms with E-state index in [0.29, 0.717) is 15.8 Å². The van der Waals surface area contributed by atoms with Crippen molar-refractivity contribution in [2.75, 3.05) is 12.0 Å². The molecule has 0 aliphatic heterocycles. The van der Waals surface area contributed by atoms with Crippen molar-refractivity contribution in [2.45, 2.75) is 6.42 Å². The monoisotopic (exact) mass is 276 g/mol. The van der Waals surface area contributed by atoms with E-state index in [2.05, 4.69) is 15.9 Å². The molecule has 0 spiro atoms. The molecule has 76 valence electrons. The van der Waals surface area contributed by atoms with Gasteiger partial charge in [0.15, 0.2) is 0 Å². The minimum absolute atomic E-state index is 0.0544. The maximum atomic E-state index is 13.3. The van der Waals surface area contributed by atoms with Gasteiger partial charge in [-0.25, -0.2) is 4.39 Å². The van der Waals surface area contributed by atoms with Gasteiger partial charge in [0.2, 0.25) is 0 Å². The number of Topliss-reactive ketones (excluding diaryl/α,β-unsaturated/α-hetero) is 1. The highest BCUT2D eigenvalue weighted by Gasteiger charge is 2.07. The standard InChI is InChI=1S/C10H10BrFOS/c1-14-6-9(13)4-7-2-3-8(11)5-10(7)12/h2-3,5H,4,6H2,1H3. The minimum Gasteiger partial charge on any atom is -0.298 e. The second-order valence-corrected chi connectivity index (χ2v) is 4.67. The Morgan fingerprint density at radius 3 is 2.86 bits per heavy atom. The first kappa shape index (κ1) is 11.7. The van der Waals surface area contributed by atoms with Gasteiger partial charge in [0.05, 0.1) is 5.75 Å². The molecule has 0 aliphatic carbocycles. The lowest BCUT2D eigenvalue weighted by Crippen LogP contribution is -2.06. The summed E-state index contributed by atoms with van der Waals surface area (Å²) in [6, 6.07) is 4.75. The molecule has 0 bridgehead atoms. The van der Waals surface area contributed by atoms with E-state index < -0.39 is 0 Å². The van der Waals surface area contributed by atoms with E-state index in [1.54, 1.807) is 12.1 Å². The minimum atomic E-state index is -0.325. The average Bonchev–Trinajstić information content (AvgIpc) is 2.10. The van der Waals surface area contributed by atoms with Gasteiger partial charge in [0, 0.05) is 10.9 Å². The van der Waals surface area contributed by atoms with Crippen LogP contribution >= 0.6 is 27.7 Å². The SMILES string of the molecule is CSCC(=O)Cc1ccc(Br)cc1F. The van der Waals surface area contributed by atoms with Crippen molar-refractivity contribution in [3.8, 4) is 0 Å². The van der Waals surface area contributed by atoms with Crippen molar-refractivity contribution >= 4 is 33.5 Å². The molecule has 1 nitrogen and oxygen atoms in total. The second kappa shape index (κ2) is 5.51. The molecule has 0 heterocycles. The molecule has 0 aliphatic rings. The lowest BCUT2D eigenvalue weighted by molar-refractivity contribution is -0.116. The van der Waals surface area contributed by atoms with Gasteiger partial charge in [-0.15, -0.1) is 0 Å². The van der Waals surface area contributed by atoms with Crippen LogP contribution in [-0.4, -0.2) is 17.8 Å². The van der Waals surface area contributed by atoms with Gasteiger partial charge in [0.25, 0.3) is 0 Å². The maximum absolute atomic E-state index is 13.3. The predicted octanol–water partition coefficient (Wildman–Crippen LogP) is 3.06. The van der Waals surface area contributed by atoms with E-state index in [4.69, 9.17) is 0 Å². The summed E-state index contributed by atoms with van der Waals surface area (Å²) in [6.45, 7) is 0. The zero-order chi connectivity index (χ0) is 10.6. The molecule has 1 rings (SSSR count). The Morgan fingerprint density at radius 1 is 1.57 bits per heavy atom. The van der Waals surface area contributed by atoms with Crippen molar-refractivity contribution < 1.29 is 9.18 Å². The Labute approximate surface area is 95.2 Å². The van der Waals surface area contributed by atoms with E-state index in [1.165, 1.54) is 17.8 Å². The third-order valence-corrected chi connectivity index (χ3v) is 2.81. The van der Waals surface area contributed by atoms with Crippen LogP contribution < -0.4 is 0 Å². The molecule has 0 unspecified atom stereocenters. The van der Waals surface area contributed by atoms with Crippen LogP contribution in [0.2, 0.25) is 0 Å². The van der Waals surface area contributed by atoms with Crippen molar-refractivity contribution in [2.24, 2.45) is 0 Å². The van der Waals surface area contributed by atoms with Crippen LogP contribution in [0, 0.1) is 5.82 Å². The summed E-state index contributed by atoms with van der Waals surface area (Å²) in [7, 11) is 0. The molecule has 0 aromatic heterocycles. The Kier molecular flexibility index (Phi) is 4.62. The van der Waals surface area contributed by atoms with E-state index in [-0.39, 0.29) is 18.0 Å². The van der Waals surface area contributed by atoms with Gasteiger partial charge in [-0.05, 0) is 24.0 Å². The van der Waals surface area contributed by atoms with Gasteiger partial charge in [-0.3, -0.25) is 4.79 Å². The third-order valence-electron chi connectivity index (χ3n) is 1.71. The molecular formula is C10H10BrFOS. The molecule has 0 saturated carbocycles. The van der Waals surface area contributed by atoms with Crippen LogP contribution in [0.15, 0.2) is 22.7 Å². The normalized spacial score (nSPS) is 10.2. The molecule has 1 aromatic carbocycles. The summed E-state index contributed by atoms with van der Waals surface area (Å²) in [5, 5.41) is 0. The number of carbonyl (C=O) groups is 1. The van der Waals surface area contributed by atoms with Crippen LogP contribution in [0.25, 0.3) is 0 Å². The molecule has 0 fully saturated rings. The van der Waals surface area contributed by atoms with Gasteiger partial charge < -0.3 is 0 Å². The molecule has 0 radical (unpaired) electrons. The summed E-state index contributed by atoms with van der Waals surface area (Å²) in [4.78, 5) is 11.3. The van der Waals surface area contributed by atoms with E-state index in [1.807, 2.05) is 6.26 Å². The Balaban J connectivity index is 2.72. The first-order valence-corrected chi connectivity index (χ1v) is 6.26. The quantitative estimate of drug-likeness (QED) is 0.841. The Bertz CT molecular complexity index is 341. The summed E-state index contributed by atoms with van der Waals surface area (Å²) in [5.74, 6) is 0.169. The summed E-state index contributed by atoms with van der Waals surface area (Å²) >= 11 is 4.62. The molecule has 0 saturated heterocycles. The number of benzene rings is 1. The predicted molar refractivity (Wildman–Crippen MR) is 61.2 cm³/mol. The van der Waals surface area contributed by atoms with Crippen molar-refractivity contribution in [3.63, 3.8) is 0 Å². The van der Waals surface area contributed by atoms with Crippen LogP contribution in [0.1, 0.15) is 5.56 Å². The van der Waals surface area contributed by atoms with Crippen molar-refractivity contribution in [1.82, 2.24) is 0 Å². The summed E-state index contributed by atoms with van der Waals surface area (Å²) in [6.07, 6.45) is 2.04. The molecule has 1 aromatic rings. The largest absolute Gasteiger partial charge is 0.298 e. The van der Waals surface area contributed by atoms with Gasteiger partial charge >= 0.3 is 0 Å². The molecular weight excluding hydrogens is 267 g/mol. The van der Waals surface area contributed by atoms with Crippen LogP contribution in [0.4, 0.5) is 4.39 Å². The van der Waals surface area contributed by atoms with E-state index >= 15 is 0 Å². The molecule has 0 N–H and O–H groups in total.